The highest BCUT2D eigenvalue weighted by atomic mass is 16.4. The molecule has 2 aromatic rings. The van der Waals surface area contributed by atoms with Crippen LogP contribution in [0.2, 0.25) is 0 Å². The molecule has 2 rings (SSSR count). The smallest absolute Gasteiger partial charge is 0.338 e. The molecule has 6 heteroatoms. The third-order valence-electron chi connectivity index (χ3n) is 2.61. The molecule has 0 aliphatic heterocycles. The monoisotopic (exact) mass is 246 g/mol. The Morgan fingerprint density at radius 3 is 2.78 bits per heavy atom. The molecule has 0 aliphatic rings. The first-order chi connectivity index (χ1) is 8.67. The lowest BCUT2D eigenvalue weighted by atomic mass is 10.2. The van der Waals surface area contributed by atoms with Gasteiger partial charge in [0.25, 0.3) is 0 Å². The molecule has 1 N–H and O–H groups in total. The Bertz CT molecular complexity index is 577. The van der Waals surface area contributed by atoms with Crippen LogP contribution < -0.4 is 0 Å². The van der Waals surface area contributed by atoms with Gasteiger partial charge in [0.15, 0.2) is 5.82 Å². The van der Waals surface area contributed by atoms with E-state index in [1.54, 1.807) is 4.68 Å². The van der Waals surface area contributed by atoms with Crippen molar-refractivity contribution < 1.29 is 9.90 Å². The molecule has 6 nitrogen and oxygen atoms in total. The number of carboxylic acid groups (broad SMARTS) is 1. The van der Waals surface area contributed by atoms with Crippen molar-refractivity contribution in [3.63, 3.8) is 0 Å². The number of aromatic nitrogens is 4. The second kappa shape index (κ2) is 4.95. The standard InChI is InChI=1S/C12H14N4O2/c1-3-10-14-11(4-2)16(15-10)9-7-13-6-5-8(9)12(17)18/h5-7H,3-4H2,1-2H3,(H,17,18). The van der Waals surface area contributed by atoms with Crippen LogP contribution in [0.25, 0.3) is 5.69 Å². The molecule has 2 aromatic heterocycles. The fraction of sp³-hybridized carbons (Fsp3) is 0.333. The van der Waals surface area contributed by atoms with Gasteiger partial charge in [0.1, 0.15) is 5.82 Å². The van der Waals surface area contributed by atoms with Gasteiger partial charge in [-0.15, -0.1) is 0 Å². The van der Waals surface area contributed by atoms with E-state index >= 15 is 0 Å². The van der Waals surface area contributed by atoms with E-state index in [9.17, 15) is 4.79 Å². The maximum Gasteiger partial charge on any atom is 0.338 e. The number of nitrogens with zero attached hydrogens (tertiary/aromatic N) is 4. The molecule has 0 aromatic carbocycles. The van der Waals surface area contributed by atoms with Crippen LogP contribution in [0, 0.1) is 0 Å². The van der Waals surface area contributed by atoms with Crippen molar-refractivity contribution in [1.82, 2.24) is 19.7 Å². The predicted molar refractivity (Wildman–Crippen MR) is 64.9 cm³/mol. The van der Waals surface area contributed by atoms with Gasteiger partial charge in [-0.2, -0.15) is 5.10 Å². The molecule has 0 radical (unpaired) electrons. The minimum Gasteiger partial charge on any atom is -0.478 e. The Kier molecular flexibility index (Phi) is 3.36. The van der Waals surface area contributed by atoms with Crippen LogP contribution >= 0.6 is 0 Å². The maximum absolute atomic E-state index is 11.2. The van der Waals surface area contributed by atoms with Crippen molar-refractivity contribution in [3.05, 3.63) is 35.7 Å². The summed E-state index contributed by atoms with van der Waals surface area (Å²) in [7, 11) is 0. The fourth-order valence-corrected chi connectivity index (χ4v) is 1.70. The second-order valence-corrected chi connectivity index (χ2v) is 3.76. The average molecular weight is 246 g/mol. The summed E-state index contributed by atoms with van der Waals surface area (Å²) in [6, 6.07) is 1.46. The lowest BCUT2D eigenvalue weighted by Crippen LogP contribution is -2.09. The summed E-state index contributed by atoms with van der Waals surface area (Å²) < 4.78 is 1.56. The van der Waals surface area contributed by atoms with E-state index in [4.69, 9.17) is 5.11 Å². The maximum atomic E-state index is 11.2. The Hall–Kier alpha value is -2.24. The molecular formula is C12H14N4O2. The van der Waals surface area contributed by atoms with Crippen LogP contribution in [0.1, 0.15) is 35.9 Å². The van der Waals surface area contributed by atoms with Gasteiger partial charge in [-0.25, -0.2) is 14.5 Å². The number of carboxylic acids is 1. The van der Waals surface area contributed by atoms with E-state index in [0.717, 1.165) is 5.82 Å². The number of hydrogen-bond donors (Lipinski definition) is 1. The highest BCUT2D eigenvalue weighted by Crippen LogP contribution is 2.15. The van der Waals surface area contributed by atoms with Crippen LogP contribution in [-0.2, 0) is 12.8 Å². The quantitative estimate of drug-likeness (QED) is 0.883. The molecule has 0 aliphatic carbocycles. The Morgan fingerprint density at radius 2 is 2.17 bits per heavy atom. The van der Waals surface area contributed by atoms with Crippen molar-refractivity contribution in [2.24, 2.45) is 0 Å². The zero-order valence-electron chi connectivity index (χ0n) is 10.3. The third kappa shape index (κ3) is 2.09. The number of aromatic carboxylic acids is 1. The zero-order chi connectivity index (χ0) is 13.1. The predicted octanol–water partition coefficient (Wildman–Crippen LogP) is 1.49. The number of carbonyl (C=O) groups is 1. The lowest BCUT2D eigenvalue weighted by molar-refractivity contribution is 0.0696. The first kappa shape index (κ1) is 12.2. The van der Waals surface area contributed by atoms with Crippen molar-refractivity contribution in [3.8, 4) is 5.69 Å². The molecule has 0 saturated carbocycles. The van der Waals surface area contributed by atoms with Crippen molar-refractivity contribution in [2.45, 2.75) is 26.7 Å². The van der Waals surface area contributed by atoms with Gasteiger partial charge in [-0.1, -0.05) is 13.8 Å². The SMILES string of the molecule is CCc1nc(CC)n(-c2cnccc2C(=O)O)n1. The van der Waals surface area contributed by atoms with Gasteiger partial charge in [0, 0.05) is 19.0 Å². The highest BCUT2D eigenvalue weighted by molar-refractivity contribution is 5.91. The Balaban J connectivity index is 2.61. The van der Waals surface area contributed by atoms with E-state index in [1.807, 2.05) is 13.8 Å². The lowest BCUT2D eigenvalue weighted by Gasteiger charge is -2.06. The summed E-state index contributed by atoms with van der Waals surface area (Å²) in [5, 5.41) is 13.5. The molecule has 0 atom stereocenters. The van der Waals surface area contributed by atoms with E-state index < -0.39 is 5.97 Å². The average Bonchev–Trinajstić information content (AvgIpc) is 2.81. The van der Waals surface area contributed by atoms with E-state index in [0.29, 0.717) is 24.4 Å². The van der Waals surface area contributed by atoms with Crippen molar-refractivity contribution in [1.29, 1.82) is 0 Å². The highest BCUT2D eigenvalue weighted by Gasteiger charge is 2.16. The van der Waals surface area contributed by atoms with Crippen molar-refractivity contribution in [2.75, 3.05) is 0 Å². The molecular weight excluding hydrogens is 232 g/mol. The topological polar surface area (TPSA) is 80.9 Å². The molecule has 0 spiro atoms. The van der Waals surface area contributed by atoms with E-state index in [1.165, 1.54) is 18.5 Å². The van der Waals surface area contributed by atoms with E-state index in [-0.39, 0.29) is 5.56 Å². The summed E-state index contributed by atoms with van der Waals surface area (Å²) in [6.45, 7) is 3.91. The second-order valence-electron chi connectivity index (χ2n) is 3.76. The van der Waals surface area contributed by atoms with Crippen molar-refractivity contribution >= 4 is 5.97 Å². The molecule has 2 heterocycles. The third-order valence-corrected chi connectivity index (χ3v) is 2.61. The van der Waals surface area contributed by atoms with Crippen LogP contribution in [0.4, 0.5) is 0 Å². The number of aryl methyl sites for hydroxylation is 2. The van der Waals surface area contributed by atoms with Gasteiger partial charge in [-0.05, 0) is 6.07 Å². The number of hydrogen-bond acceptors (Lipinski definition) is 4. The number of pyridine rings is 1. The van der Waals surface area contributed by atoms with Gasteiger partial charge >= 0.3 is 5.97 Å². The minimum atomic E-state index is -0.997. The summed E-state index contributed by atoms with van der Waals surface area (Å²) in [4.78, 5) is 19.5. The number of rotatable bonds is 4. The van der Waals surface area contributed by atoms with Gasteiger partial charge < -0.3 is 5.11 Å². The molecule has 94 valence electrons. The first-order valence-electron chi connectivity index (χ1n) is 5.79. The molecule has 18 heavy (non-hydrogen) atoms. The first-order valence-corrected chi connectivity index (χ1v) is 5.79. The van der Waals surface area contributed by atoms with Gasteiger partial charge in [0.05, 0.1) is 17.4 Å². The Morgan fingerprint density at radius 1 is 1.39 bits per heavy atom. The summed E-state index contributed by atoms with van der Waals surface area (Å²) >= 11 is 0. The Labute approximate surface area is 104 Å². The summed E-state index contributed by atoms with van der Waals surface area (Å²) in [6.07, 6.45) is 4.34. The van der Waals surface area contributed by atoms with Crippen LogP contribution in [0.15, 0.2) is 18.5 Å². The molecule has 0 amide bonds. The fourth-order valence-electron chi connectivity index (χ4n) is 1.70. The molecule has 0 fully saturated rings. The minimum absolute atomic E-state index is 0.173. The summed E-state index contributed by atoms with van der Waals surface area (Å²) in [5.41, 5.74) is 0.626. The normalized spacial score (nSPS) is 10.6. The summed E-state index contributed by atoms with van der Waals surface area (Å²) in [5.74, 6) is 0.442. The van der Waals surface area contributed by atoms with Crippen LogP contribution in [0.5, 0.6) is 0 Å². The zero-order valence-corrected chi connectivity index (χ0v) is 10.3. The van der Waals surface area contributed by atoms with E-state index in [2.05, 4.69) is 15.1 Å². The molecule has 0 unspecified atom stereocenters. The molecule has 0 bridgehead atoms. The van der Waals surface area contributed by atoms with Gasteiger partial charge in [0.2, 0.25) is 0 Å². The molecule has 0 saturated heterocycles. The van der Waals surface area contributed by atoms with Crippen LogP contribution in [0.3, 0.4) is 0 Å². The van der Waals surface area contributed by atoms with Gasteiger partial charge in [-0.3, -0.25) is 4.98 Å². The largest absolute Gasteiger partial charge is 0.478 e. The van der Waals surface area contributed by atoms with Crippen LogP contribution in [-0.4, -0.2) is 30.8 Å².